The van der Waals surface area contributed by atoms with Gasteiger partial charge in [-0.1, -0.05) is 6.07 Å². The third-order valence-corrected chi connectivity index (χ3v) is 5.78. The molecule has 2 bridgehead atoms. The van der Waals surface area contributed by atoms with Gasteiger partial charge < -0.3 is 9.84 Å². The highest BCUT2D eigenvalue weighted by Crippen LogP contribution is 2.44. The van der Waals surface area contributed by atoms with Gasteiger partial charge in [0.1, 0.15) is 0 Å². The number of phenols is 1. The summed E-state index contributed by atoms with van der Waals surface area (Å²) in [5, 5.41) is 14.5. The van der Waals surface area contributed by atoms with Crippen LogP contribution in [0.1, 0.15) is 41.4 Å². The van der Waals surface area contributed by atoms with Crippen molar-refractivity contribution in [1.82, 2.24) is 19.5 Å². The number of aryl methyl sites for hydroxylation is 1. The molecule has 134 valence electrons. The molecule has 2 unspecified atom stereocenters. The number of rotatable bonds is 3. The smallest absolute Gasteiger partial charge is 0.160 e. The molecular formula is C20H22N4O2. The summed E-state index contributed by atoms with van der Waals surface area (Å²) in [7, 11) is 1.59. The van der Waals surface area contributed by atoms with E-state index < -0.39 is 0 Å². The van der Waals surface area contributed by atoms with E-state index in [1.54, 1.807) is 13.2 Å². The summed E-state index contributed by atoms with van der Waals surface area (Å²) in [5.74, 6) is 0.714. The molecule has 2 aromatic heterocycles. The number of hydrogen-bond donors (Lipinski definition) is 1. The van der Waals surface area contributed by atoms with E-state index in [-0.39, 0.29) is 5.75 Å². The number of aromatic hydroxyl groups is 1. The molecule has 0 saturated carbocycles. The van der Waals surface area contributed by atoms with Gasteiger partial charge >= 0.3 is 0 Å². The molecule has 1 fully saturated rings. The van der Waals surface area contributed by atoms with E-state index >= 15 is 0 Å². The number of ether oxygens (including phenoxy) is 1. The van der Waals surface area contributed by atoms with Crippen molar-refractivity contribution < 1.29 is 9.84 Å². The first-order valence-electron chi connectivity index (χ1n) is 9.10. The van der Waals surface area contributed by atoms with E-state index in [0.29, 0.717) is 17.8 Å². The summed E-state index contributed by atoms with van der Waals surface area (Å²) in [6, 6.07) is 8.56. The van der Waals surface area contributed by atoms with Crippen molar-refractivity contribution in [2.24, 2.45) is 0 Å². The van der Waals surface area contributed by atoms with Gasteiger partial charge in [-0.15, -0.1) is 0 Å². The van der Waals surface area contributed by atoms with Gasteiger partial charge in [0.05, 0.1) is 18.5 Å². The molecule has 1 saturated heterocycles. The summed E-state index contributed by atoms with van der Waals surface area (Å²) in [4.78, 5) is 7.20. The van der Waals surface area contributed by atoms with Gasteiger partial charge in [0, 0.05) is 42.9 Å². The Balaban J connectivity index is 1.51. The van der Waals surface area contributed by atoms with Crippen LogP contribution in [0.3, 0.4) is 0 Å². The Labute approximate surface area is 152 Å². The van der Waals surface area contributed by atoms with E-state index in [0.717, 1.165) is 36.3 Å². The third kappa shape index (κ3) is 2.29. The van der Waals surface area contributed by atoms with Crippen molar-refractivity contribution in [3.05, 3.63) is 53.0 Å². The molecule has 5 rings (SSSR count). The average Bonchev–Trinajstić information content (AvgIpc) is 3.14. The summed E-state index contributed by atoms with van der Waals surface area (Å²) >= 11 is 0. The Kier molecular flexibility index (Phi) is 3.43. The predicted octanol–water partition coefficient (Wildman–Crippen LogP) is 3.01. The Morgan fingerprint density at radius 3 is 3.00 bits per heavy atom. The van der Waals surface area contributed by atoms with Crippen molar-refractivity contribution >= 4 is 5.65 Å². The fraction of sp³-hybridized carbons (Fsp3) is 0.400. The number of methoxy groups -OCH3 is 1. The van der Waals surface area contributed by atoms with Crippen LogP contribution >= 0.6 is 0 Å². The van der Waals surface area contributed by atoms with Crippen LogP contribution in [0.25, 0.3) is 5.65 Å². The van der Waals surface area contributed by atoms with E-state index in [1.807, 2.05) is 35.8 Å². The SMILES string of the molecule is COc1cc(CN2C3CCC2c2cnc4cc(C)nn4c2C3)ccc1O. The molecule has 26 heavy (non-hydrogen) atoms. The Bertz CT molecular complexity index is 997. The van der Waals surface area contributed by atoms with Crippen LogP contribution in [0.4, 0.5) is 0 Å². The minimum absolute atomic E-state index is 0.184. The normalized spacial score (nSPS) is 21.9. The van der Waals surface area contributed by atoms with Crippen molar-refractivity contribution in [2.45, 2.75) is 44.8 Å². The number of benzene rings is 1. The molecule has 1 aromatic carbocycles. The highest BCUT2D eigenvalue weighted by Gasteiger charge is 2.41. The molecule has 0 aliphatic carbocycles. The fourth-order valence-corrected chi connectivity index (χ4v) is 4.58. The average molecular weight is 350 g/mol. The fourth-order valence-electron chi connectivity index (χ4n) is 4.58. The number of aromatic nitrogens is 3. The quantitative estimate of drug-likeness (QED) is 0.787. The Hall–Kier alpha value is -2.60. The van der Waals surface area contributed by atoms with Crippen LogP contribution in [-0.2, 0) is 13.0 Å². The number of nitrogens with zero attached hydrogens (tertiary/aromatic N) is 4. The van der Waals surface area contributed by atoms with Crippen molar-refractivity contribution in [2.75, 3.05) is 7.11 Å². The highest BCUT2D eigenvalue weighted by molar-refractivity contribution is 5.45. The van der Waals surface area contributed by atoms with Crippen LogP contribution in [0.5, 0.6) is 11.5 Å². The Morgan fingerprint density at radius 2 is 2.15 bits per heavy atom. The van der Waals surface area contributed by atoms with E-state index in [4.69, 9.17) is 4.74 Å². The maximum Gasteiger partial charge on any atom is 0.160 e. The van der Waals surface area contributed by atoms with Crippen LogP contribution in [0.2, 0.25) is 0 Å². The van der Waals surface area contributed by atoms with Crippen LogP contribution < -0.4 is 4.74 Å². The topological polar surface area (TPSA) is 62.9 Å². The lowest BCUT2D eigenvalue weighted by Gasteiger charge is -2.36. The van der Waals surface area contributed by atoms with Crippen LogP contribution in [0, 0.1) is 6.92 Å². The van der Waals surface area contributed by atoms with Gasteiger partial charge in [0.25, 0.3) is 0 Å². The van der Waals surface area contributed by atoms with Gasteiger partial charge in [0.15, 0.2) is 17.1 Å². The summed E-state index contributed by atoms with van der Waals surface area (Å²) in [5.41, 5.74) is 5.73. The molecule has 0 radical (unpaired) electrons. The van der Waals surface area contributed by atoms with Gasteiger partial charge in [-0.25, -0.2) is 9.50 Å². The second kappa shape index (κ2) is 5.71. The number of fused-ring (bicyclic) bond motifs is 6. The molecule has 3 aromatic rings. The van der Waals surface area contributed by atoms with Gasteiger partial charge in [-0.3, -0.25) is 4.90 Å². The van der Waals surface area contributed by atoms with Crippen molar-refractivity contribution in [1.29, 1.82) is 0 Å². The minimum Gasteiger partial charge on any atom is -0.504 e. The van der Waals surface area contributed by atoms with Gasteiger partial charge in [-0.2, -0.15) is 5.10 Å². The van der Waals surface area contributed by atoms with Gasteiger partial charge in [-0.05, 0) is 37.5 Å². The second-order valence-corrected chi connectivity index (χ2v) is 7.35. The third-order valence-electron chi connectivity index (χ3n) is 5.78. The monoisotopic (exact) mass is 350 g/mol. The molecule has 2 aliphatic rings. The summed E-state index contributed by atoms with van der Waals surface area (Å²) in [6.07, 6.45) is 5.39. The van der Waals surface area contributed by atoms with Crippen LogP contribution in [0.15, 0.2) is 30.5 Å². The minimum atomic E-state index is 0.184. The maximum atomic E-state index is 9.83. The first-order chi connectivity index (χ1) is 12.6. The second-order valence-electron chi connectivity index (χ2n) is 7.35. The van der Waals surface area contributed by atoms with E-state index in [9.17, 15) is 5.11 Å². The number of hydrogen-bond acceptors (Lipinski definition) is 5. The number of phenolic OH excluding ortho intramolecular Hbond substituents is 1. The summed E-state index contributed by atoms with van der Waals surface area (Å²) in [6.45, 7) is 2.87. The standard InChI is InChI=1S/C20H22N4O2/c1-12-7-20-21-10-15-16-5-4-14(9-17(15)24(20)22-12)23(16)11-13-3-6-18(25)19(8-13)26-2/h3,6-8,10,14,16,25H,4-5,9,11H2,1-2H3. The largest absolute Gasteiger partial charge is 0.504 e. The van der Waals surface area contributed by atoms with E-state index in [2.05, 4.69) is 15.0 Å². The van der Waals surface area contributed by atoms with Gasteiger partial charge in [0.2, 0.25) is 0 Å². The van der Waals surface area contributed by atoms with Crippen molar-refractivity contribution in [3.8, 4) is 11.5 Å². The van der Waals surface area contributed by atoms with Crippen molar-refractivity contribution in [3.63, 3.8) is 0 Å². The highest BCUT2D eigenvalue weighted by atomic mass is 16.5. The first kappa shape index (κ1) is 15.6. The molecule has 6 heteroatoms. The zero-order valence-corrected chi connectivity index (χ0v) is 15.0. The van der Waals surface area contributed by atoms with E-state index in [1.165, 1.54) is 17.7 Å². The molecule has 2 atom stereocenters. The molecule has 6 nitrogen and oxygen atoms in total. The lowest BCUT2D eigenvalue weighted by atomic mass is 9.98. The van der Waals surface area contributed by atoms with Crippen LogP contribution in [-0.4, -0.2) is 37.8 Å². The Morgan fingerprint density at radius 1 is 1.27 bits per heavy atom. The molecular weight excluding hydrogens is 328 g/mol. The lowest BCUT2D eigenvalue weighted by Crippen LogP contribution is -2.38. The zero-order chi connectivity index (χ0) is 17.8. The molecule has 0 spiro atoms. The zero-order valence-electron chi connectivity index (χ0n) is 15.0. The molecule has 0 amide bonds. The molecule has 2 aliphatic heterocycles. The predicted molar refractivity (Wildman–Crippen MR) is 97.4 cm³/mol. The molecule has 4 heterocycles. The lowest BCUT2D eigenvalue weighted by molar-refractivity contribution is 0.165. The first-order valence-corrected chi connectivity index (χ1v) is 9.10. The molecule has 1 N–H and O–H groups in total. The maximum absolute atomic E-state index is 9.83. The summed E-state index contributed by atoms with van der Waals surface area (Å²) < 4.78 is 7.30.